The van der Waals surface area contributed by atoms with E-state index < -0.39 is 0 Å². The van der Waals surface area contributed by atoms with E-state index in [0.717, 1.165) is 45.8 Å². The molecule has 0 aliphatic heterocycles. The Bertz CT molecular complexity index is 1560. The van der Waals surface area contributed by atoms with E-state index in [2.05, 4.69) is 128 Å². The molecule has 2 atom stereocenters. The first-order valence-electron chi connectivity index (χ1n) is 13.0. The number of aromatic nitrogens is 3. The summed E-state index contributed by atoms with van der Waals surface area (Å²) >= 11 is 0. The smallest absolute Gasteiger partial charge is 0.165 e. The van der Waals surface area contributed by atoms with Gasteiger partial charge in [0.1, 0.15) is 5.82 Å². The highest BCUT2D eigenvalue weighted by molar-refractivity contribution is 7.46. The molecule has 5 nitrogen and oxygen atoms in total. The fourth-order valence-electron chi connectivity index (χ4n) is 4.61. The predicted octanol–water partition coefficient (Wildman–Crippen LogP) is 7.05. The summed E-state index contributed by atoms with van der Waals surface area (Å²) in [6, 6.07) is 29.5. The lowest BCUT2D eigenvalue weighted by molar-refractivity contribution is 0.684. The Morgan fingerprint density at radius 3 is 2.53 bits per heavy atom. The van der Waals surface area contributed by atoms with Crippen LogP contribution in [-0.4, -0.2) is 21.3 Å². The molecule has 0 saturated heterocycles. The van der Waals surface area contributed by atoms with Crippen LogP contribution in [0.1, 0.15) is 23.6 Å². The molecule has 5 aromatic rings. The number of hydrogen-bond acceptors (Lipinski definition) is 4. The fraction of sp³-hybridized carbons (Fsp3) is 0.188. The number of rotatable bonds is 10. The first-order chi connectivity index (χ1) is 18.5. The molecule has 2 unspecified atom stereocenters. The minimum Gasteiger partial charge on any atom is -0.366 e. The molecule has 38 heavy (non-hydrogen) atoms. The van der Waals surface area contributed by atoms with Crippen molar-refractivity contribution >= 4 is 31.0 Å². The normalized spacial score (nSPS) is 12.2. The monoisotopic (exact) mass is 519 g/mol. The van der Waals surface area contributed by atoms with Crippen LogP contribution in [0.4, 0.5) is 11.5 Å². The van der Waals surface area contributed by atoms with Gasteiger partial charge in [-0.2, -0.15) is 9.61 Å². The zero-order chi connectivity index (χ0) is 26.5. The summed E-state index contributed by atoms with van der Waals surface area (Å²) in [5, 5.41) is 13.0. The van der Waals surface area contributed by atoms with Gasteiger partial charge in [0, 0.05) is 34.9 Å². The van der Waals surface area contributed by atoms with Crippen molar-refractivity contribution in [3.63, 3.8) is 0 Å². The van der Waals surface area contributed by atoms with E-state index in [-0.39, 0.29) is 0 Å². The van der Waals surface area contributed by atoms with Gasteiger partial charge >= 0.3 is 0 Å². The lowest BCUT2D eigenvalue weighted by Crippen LogP contribution is -2.11. The molecule has 0 saturated carbocycles. The molecule has 2 heterocycles. The summed E-state index contributed by atoms with van der Waals surface area (Å²) in [6.07, 6.45) is 2.89. The largest absolute Gasteiger partial charge is 0.366 e. The van der Waals surface area contributed by atoms with Gasteiger partial charge in [-0.05, 0) is 54.8 Å². The van der Waals surface area contributed by atoms with Crippen LogP contribution in [0.3, 0.4) is 0 Å². The van der Waals surface area contributed by atoms with Crippen LogP contribution < -0.4 is 15.9 Å². The molecule has 3 aromatic carbocycles. The van der Waals surface area contributed by atoms with Gasteiger partial charge in [0.25, 0.3) is 0 Å². The first-order valence-corrected chi connectivity index (χ1v) is 14.5. The lowest BCUT2D eigenvalue weighted by Gasteiger charge is -2.18. The predicted molar refractivity (Wildman–Crippen MR) is 163 cm³/mol. The maximum Gasteiger partial charge on any atom is 0.165 e. The first kappa shape index (κ1) is 25.7. The molecular weight excluding hydrogens is 485 g/mol. The Morgan fingerprint density at radius 1 is 0.974 bits per heavy atom. The summed E-state index contributed by atoms with van der Waals surface area (Å²) in [5.41, 5.74) is 8.76. The van der Waals surface area contributed by atoms with Crippen molar-refractivity contribution in [1.29, 1.82) is 0 Å². The van der Waals surface area contributed by atoms with Crippen molar-refractivity contribution in [2.75, 3.05) is 17.3 Å². The molecule has 0 spiro atoms. The average molecular weight is 520 g/mol. The second kappa shape index (κ2) is 11.6. The number of nitrogens with zero attached hydrogens (tertiary/aromatic N) is 3. The average Bonchev–Trinajstić information content (AvgIpc) is 3.36. The van der Waals surface area contributed by atoms with Crippen LogP contribution in [-0.2, 0) is 13.0 Å². The highest BCUT2D eigenvalue weighted by atomic mass is 31.1. The zero-order valence-electron chi connectivity index (χ0n) is 22.2. The Kier molecular flexibility index (Phi) is 7.86. The molecule has 5 rings (SSSR count). The number of anilines is 2. The Labute approximate surface area is 226 Å². The van der Waals surface area contributed by atoms with E-state index in [1.807, 2.05) is 10.7 Å². The number of benzene rings is 3. The highest BCUT2D eigenvalue weighted by Gasteiger charge is 2.14. The fourth-order valence-corrected chi connectivity index (χ4v) is 5.19. The second-order valence-corrected chi connectivity index (χ2v) is 10.7. The minimum atomic E-state index is 0.317. The van der Waals surface area contributed by atoms with E-state index in [0.29, 0.717) is 21.0 Å². The van der Waals surface area contributed by atoms with Crippen molar-refractivity contribution in [3.05, 3.63) is 120 Å². The molecule has 192 valence electrons. The molecular formula is C32H34N5P. The van der Waals surface area contributed by atoms with E-state index >= 15 is 0 Å². The molecule has 0 fully saturated rings. The Hall–Kier alpha value is -3.95. The van der Waals surface area contributed by atoms with E-state index in [1.54, 1.807) is 0 Å². The number of allylic oxidation sites excluding steroid dienone is 1. The summed E-state index contributed by atoms with van der Waals surface area (Å²) in [7, 11) is 0.624. The van der Waals surface area contributed by atoms with Gasteiger partial charge in [-0.15, -0.1) is 0 Å². The quantitative estimate of drug-likeness (QED) is 0.194. The number of aryl methyl sites for hydroxylation is 1. The Balaban J connectivity index is 1.33. The van der Waals surface area contributed by atoms with E-state index in [9.17, 15) is 0 Å². The van der Waals surface area contributed by atoms with Crippen LogP contribution in [0.25, 0.3) is 16.9 Å². The van der Waals surface area contributed by atoms with Crippen molar-refractivity contribution in [2.24, 2.45) is 5.92 Å². The SMILES string of the molecule is C=C(Nc1cccc(CNc2cc(-c3ccccc3C)nc3c(PC)cnn23)c1)C(C)Cc1ccccc1. The standard InChI is InChI=1S/C32H34N5P/c1-22-11-8-9-16-28(22)29-19-31(37-32(36-29)30(38-4)21-34-37)33-20-26-14-10-15-27(18-26)35-24(3)23(2)17-25-12-6-5-7-13-25/h5-16,18-19,21,23,33,35,38H,3,17,20H2,1-2,4H3. The van der Waals surface area contributed by atoms with Crippen LogP contribution >= 0.6 is 8.58 Å². The molecule has 6 heteroatoms. The molecule has 0 radical (unpaired) electrons. The summed E-state index contributed by atoms with van der Waals surface area (Å²) in [4.78, 5) is 4.99. The topological polar surface area (TPSA) is 54.2 Å². The van der Waals surface area contributed by atoms with Gasteiger partial charge in [-0.1, -0.05) is 88.8 Å². The second-order valence-electron chi connectivity index (χ2n) is 9.68. The number of fused-ring (bicyclic) bond motifs is 1. The summed E-state index contributed by atoms with van der Waals surface area (Å²) < 4.78 is 1.92. The van der Waals surface area contributed by atoms with E-state index in [1.165, 1.54) is 16.7 Å². The summed E-state index contributed by atoms with van der Waals surface area (Å²) in [5.74, 6) is 1.24. The van der Waals surface area contributed by atoms with Crippen LogP contribution in [0.15, 0.2) is 103 Å². The molecule has 2 aromatic heterocycles. The molecule has 0 aliphatic rings. The van der Waals surface area contributed by atoms with E-state index in [4.69, 9.17) is 4.98 Å². The molecule has 0 amide bonds. The van der Waals surface area contributed by atoms with Crippen molar-refractivity contribution in [1.82, 2.24) is 14.6 Å². The lowest BCUT2D eigenvalue weighted by atomic mass is 9.98. The van der Waals surface area contributed by atoms with Gasteiger partial charge in [-0.25, -0.2) is 4.98 Å². The number of hydrogen-bond donors (Lipinski definition) is 2. The van der Waals surface area contributed by atoms with Gasteiger partial charge < -0.3 is 10.6 Å². The highest BCUT2D eigenvalue weighted by Crippen LogP contribution is 2.26. The third-order valence-corrected chi connectivity index (χ3v) is 7.74. The van der Waals surface area contributed by atoms with Gasteiger partial charge in [-0.3, -0.25) is 0 Å². The maximum absolute atomic E-state index is 4.99. The molecule has 0 bridgehead atoms. The van der Waals surface area contributed by atoms with Gasteiger partial charge in [0.2, 0.25) is 0 Å². The van der Waals surface area contributed by atoms with Crippen molar-refractivity contribution in [2.45, 2.75) is 26.8 Å². The third kappa shape index (κ3) is 5.79. The van der Waals surface area contributed by atoms with Gasteiger partial charge in [0.05, 0.1) is 11.9 Å². The van der Waals surface area contributed by atoms with Crippen LogP contribution in [0.5, 0.6) is 0 Å². The van der Waals surface area contributed by atoms with Crippen LogP contribution in [0, 0.1) is 12.8 Å². The van der Waals surface area contributed by atoms with Crippen LogP contribution in [0.2, 0.25) is 0 Å². The third-order valence-electron chi connectivity index (χ3n) is 6.85. The van der Waals surface area contributed by atoms with Crippen molar-refractivity contribution < 1.29 is 0 Å². The Morgan fingerprint density at radius 2 is 1.74 bits per heavy atom. The number of nitrogens with one attached hydrogen (secondary N) is 2. The maximum atomic E-state index is 4.99. The molecule has 2 N–H and O–H groups in total. The molecule has 0 aliphatic carbocycles. The van der Waals surface area contributed by atoms with Gasteiger partial charge in [0.15, 0.2) is 5.65 Å². The zero-order valence-corrected chi connectivity index (χ0v) is 23.2. The van der Waals surface area contributed by atoms with Crippen molar-refractivity contribution in [3.8, 4) is 11.3 Å². The minimum absolute atomic E-state index is 0.317. The summed E-state index contributed by atoms with van der Waals surface area (Å²) in [6.45, 7) is 11.5.